The van der Waals surface area contributed by atoms with Gasteiger partial charge in [-0.15, -0.1) is 0 Å². The normalized spacial score (nSPS) is 11.5. The molecule has 0 aliphatic heterocycles. The fourth-order valence-electron chi connectivity index (χ4n) is 0.727. The molecule has 3 nitrogen and oxygen atoms in total. The molecule has 0 bridgehead atoms. The van der Waals surface area contributed by atoms with Crippen LogP contribution in [0.1, 0.15) is 5.56 Å². The third-order valence-corrected chi connectivity index (χ3v) is 5.49. The van der Waals surface area contributed by atoms with Crippen LogP contribution in [-0.4, -0.2) is 13.0 Å². The predicted octanol–water partition coefficient (Wildman–Crippen LogP) is 2.37. The van der Waals surface area contributed by atoms with E-state index in [2.05, 4.69) is 0 Å². The molecule has 0 heterocycles. The molecule has 0 radical (unpaired) electrons. The second-order valence-electron chi connectivity index (χ2n) is 2.24. The molecular formula is C7H8O3S3. The summed E-state index contributed by atoms with van der Waals surface area (Å²) in [5.74, 6) is 0.561. The smallest absolute Gasteiger partial charge is 0.277 e. The molecule has 0 saturated carbocycles. The van der Waals surface area contributed by atoms with Gasteiger partial charge in [0, 0.05) is 5.75 Å². The van der Waals surface area contributed by atoms with Gasteiger partial charge in [-0.3, -0.25) is 4.55 Å². The van der Waals surface area contributed by atoms with E-state index < -0.39 is 9.15 Å². The van der Waals surface area contributed by atoms with Crippen molar-refractivity contribution in [1.82, 2.24) is 0 Å². The highest BCUT2D eigenvalue weighted by Crippen LogP contribution is 2.29. The first kappa shape index (κ1) is 10.9. The van der Waals surface area contributed by atoms with Crippen LogP contribution in [0.15, 0.2) is 30.3 Å². The minimum atomic E-state index is -3.91. The zero-order valence-corrected chi connectivity index (χ0v) is 9.03. The molecule has 0 aromatic heterocycles. The van der Waals surface area contributed by atoms with E-state index in [1.807, 2.05) is 30.3 Å². The van der Waals surface area contributed by atoms with E-state index in [1.54, 1.807) is 0 Å². The Bertz CT molecular complexity index is 347. The average Bonchev–Trinajstić information content (AvgIpc) is 2.04. The van der Waals surface area contributed by atoms with Crippen LogP contribution >= 0.6 is 20.6 Å². The minimum Gasteiger partial charge on any atom is -0.277 e. The monoisotopic (exact) mass is 236 g/mol. The zero-order valence-electron chi connectivity index (χ0n) is 6.58. The molecule has 0 saturated heterocycles. The van der Waals surface area contributed by atoms with Crippen LogP contribution in [0.5, 0.6) is 0 Å². The maximum Gasteiger partial charge on any atom is 0.329 e. The fraction of sp³-hybridized carbons (Fsp3) is 0.143. The van der Waals surface area contributed by atoms with Crippen LogP contribution in [0.25, 0.3) is 0 Å². The minimum absolute atomic E-state index is 0.473. The summed E-state index contributed by atoms with van der Waals surface area (Å²) in [6.45, 7) is 0. The van der Waals surface area contributed by atoms with Gasteiger partial charge in [-0.1, -0.05) is 41.1 Å². The Labute approximate surface area is 84.5 Å². The molecule has 1 rings (SSSR count). The van der Waals surface area contributed by atoms with E-state index in [9.17, 15) is 8.42 Å². The lowest BCUT2D eigenvalue weighted by molar-refractivity contribution is 0.503. The summed E-state index contributed by atoms with van der Waals surface area (Å²) >= 11 is 0. The summed E-state index contributed by atoms with van der Waals surface area (Å²) in [5, 5.41) is 0. The molecule has 13 heavy (non-hydrogen) atoms. The molecule has 6 heteroatoms. The molecule has 72 valence electrons. The van der Waals surface area contributed by atoms with Crippen LogP contribution < -0.4 is 0 Å². The Morgan fingerprint density at radius 3 is 2.38 bits per heavy atom. The Kier molecular flexibility index (Phi) is 4.11. The highest BCUT2D eigenvalue weighted by atomic mass is 33.5. The molecule has 0 aliphatic carbocycles. The van der Waals surface area contributed by atoms with Crippen molar-refractivity contribution >= 4 is 29.8 Å². The van der Waals surface area contributed by atoms with E-state index in [4.69, 9.17) is 4.55 Å². The quantitative estimate of drug-likeness (QED) is 0.642. The van der Waals surface area contributed by atoms with Crippen molar-refractivity contribution in [3.63, 3.8) is 0 Å². The van der Waals surface area contributed by atoms with Gasteiger partial charge < -0.3 is 0 Å². The molecule has 1 aromatic rings. The highest BCUT2D eigenvalue weighted by molar-refractivity contribution is 9.05. The van der Waals surface area contributed by atoms with Crippen molar-refractivity contribution in [1.29, 1.82) is 0 Å². The fourth-order valence-corrected chi connectivity index (χ4v) is 3.67. The largest absolute Gasteiger partial charge is 0.329 e. The number of hydrogen-bond acceptors (Lipinski definition) is 4. The third kappa shape index (κ3) is 5.20. The first-order chi connectivity index (χ1) is 6.08. The van der Waals surface area contributed by atoms with Gasteiger partial charge in [-0.05, 0) is 5.56 Å². The van der Waals surface area contributed by atoms with Crippen LogP contribution in [0.4, 0.5) is 0 Å². The molecule has 1 aromatic carbocycles. The number of rotatable bonds is 4. The average molecular weight is 236 g/mol. The highest BCUT2D eigenvalue weighted by Gasteiger charge is 2.05. The topological polar surface area (TPSA) is 54.4 Å². The summed E-state index contributed by atoms with van der Waals surface area (Å²) in [4.78, 5) is 0. The molecule has 0 unspecified atom stereocenters. The second-order valence-corrected chi connectivity index (χ2v) is 7.36. The van der Waals surface area contributed by atoms with Crippen molar-refractivity contribution in [2.75, 3.05) is 0 Å². The molecule has 0 fully saturated rings. The molecule has 1 N–H and O–H groups in total. The summed E-state index contributed by atoms with van der Waals surface area (Å²) < 4.78 is 29.0. The van der Waals surface area contributed by atoms with Gasteiger partial charge in [0.25, 0.3) is 0 Å². The standard InChI is InChI=1S/C7H8O3S3/c8-13(9,10)12-11-6-7-4-2-1-3-5-7/h1-5H,6H2,(H,8,9,10). The molecule has 0 aliphatic rings. The first-order valence-electron chi connectivity index (χ1n) is 3.40. The van der Waals surface area contributed by atoms with Crippen LogP contribution in [-0.2, 0) is 14.9 Å². The van der Waals surface area contributed by atoms with E-state index in [1.165, 1.54) is 0 Å². The van der Waals surface area contributed by atoms with Gasteiger partial charge in [0.15, 0.2) is 0 Å². The van der Waals surface area contributed by atoms with Crippen molar-refractivity contribution < 1.29 is 13.0 Å². The van der Waals surface area contributed by atoms with E-state index in [0.29, 0.717) is 15.6 Å². The third-order valence-electron chi connectivity index (χ3n) is 1.20. The van der Waals surface area contributed by atoms with Crippen LogP contribution in [0.2, 0.25) is 0 Å². The Morgan fingerprint density at radius 1 is 1.23 bits per heavy atom. The number of hydrogen-bond donors (Lipinski definition) is 1. The van der Waals surface area contributed by atoms with E-state index in [0.717, 1.165) is 16.4 Å². The Hall–Kier alpha value is -0.170. The molecular weight excluding hydrogens is 228 g/mol. The van der Waals surface area contributed by atoms with Gasteiger partial charge in [0.2, 0.25) is 0 Å². The van der Waals surface area contributed by atoms with Crippen LogP contribution in [0, 0.1) is 0 Å². The number of benzene rings is 1. The van der Waals surface area contributed by atoms with Gasteiger partial charge in [-0.25, -0.2) is 0 Å². The van der Waals surface area contributed by atoms with Crippen molar-refractivity contribution in [3.8, 4) is 0 Å². The SMILES string of the molecule is O=S(=O)(O)SSCc1ccccc1. The summed E-state index contributed by atoms with van der Waals surface area (Å²) in [6.07, 6.45) is 0. The summed E-state index contributed by atoms with van der Waals surface area (Å²) in [7, 11) is -2.35. The van der Waals surface area contributed by atoms with E-state index in [-0.39, 0.29) is 0 Å². The maximum atomic E-state index is 10.3. The molecule has 0 amide bonds. The van der Waals surface area contributed by atoms with Crippen molar-refractivity contribution in [2.24, 2.45) is 0 Å². The van der Waals surface area contributed by atoms with Gasteiger partial charge in [0.1, 0.15) is 0 Å². The predicted molar refractivity (Wildman–Crippen MR) is 56.9 cm³/mol. The van der Waals surface area contributed by atoms with Gasteiger partial charge in [0.05, 0.1) is 9.83 Å². The molecule has 0 atom stereocenters. The van der Waals surface area contributed by atoms with Gasteiger partial charge >= 0.3 is 9.15 Å². The van der Waals surface area contributed by atoms with Crippen molar-refractivity contribution in [2.45, 2.75) is 5.75 Å². The van der Waals surface area contributed by atoms with E-state index >= 15 is 0 Å². The lowest BCUT2D eigenvalue weighted by Gasteiger charge is -1.97. The second kappa shape index (κ2) is 4.90. The molecule has 0 spiro atoms. The zero-order chi connectivity index (χ0) is 9.73. The van der Waals surface area contributed by atoms with Gasteiger partial charge in [-0.2, -0.15) is 8.42 Å². The van der Waals surface area contributed by atoms with Crippen LogP contribution in [0.3, 0.4) is 0 Å². The summed E-state index contributed by atoms with van der Waals surface area (Å²) in [5.41, 5.74) is 1.03. The van der Waals surface area contributed by atoms with Crippen molar-refractivity contribution in [3.05, 3.63) is 35.9 Å². The Morgan fingerprint density at radius 2 is 1.85 bits per heavy atom. The maximum absolute atomic E-state index is 10.3. The lowest BCUT2D eigenvalue weighted by atomic mass is 10.2. The Balaban J connectivity index is 2.37. The summed E-state index contributed by atoms with van der Waals surface area (Å²) in [6, 6.07) is 9.46. The lowest BCUT2D eigenvalue weighted by Crippen LogP contribution is -1.85. The first-order valence-corrected chi connectivity index (χ1v) is 7.68.